The van der Waals surface area contributed by atoms with Gasteiger partial charge in [-0.15, -0.1) is 0 Å². The number of alkyl carbamates (subject to hydrolysis) is 2. The summed E-state index contributed by atoms with van der Waals surface area (Å²) >= 11 is 0. The number of nitrogens with one attached hydrogen (secondary N) is 4. The zero-order valence-corrected chi connectivity index (χ0v) is 35.7. The van der Waals surface area contributed by atoms with Crippen LogP contribution in [0.15, 0.2) is 91.0 Å². The average molecular weight is 847 g/mol. The summed E-state index contributed by atoms with van der Waals surface area (Å²) in [4.78, 5) is 74.0. The first-order valence-electron chi connectivity index (χ1n) is 21.8. The third-order valence-electron chi connectivity index (χ3n) is 13.5. The van der Waals surface area contributed by atoms with Gasteiger partial charge in [0.1, 0.15) is 23.7 Å². The second-order valence-electron chi connectivity index (χ2n) is 17.5. The van der Waals surface area contributed by atoms with Gasteiger partial charge < -0.3 is 39.9 Å². The maximum absolute atomic E-state index is 14.5. The molecule has 1 saturated carbocycles. The molecule has 63 heavy (non-hydrogen) atoms. The van der Waals surface area contributed by atoms with Crippen LogP contribution in [0.1, 0.15) is 81.3 Å². The van der Waals surface area contributed by atoms with Crippen LogP contribution in [0.5, 0.6) is 0 Å². The highest BCUT2D eigenvalue weighted by molar-refractivity contribution is 6.07. The predicted molar refractivity (Wildman–Crippen MR) is 239 cm³/mol. The Morgan fingerprint density at radius 2 is 1.33 bits per heavy atom. The number of carbonyl (C=O) groups is 4. The summed E-state index contributed by atoms with van der Waals surface area (Å²) in [7, 11) is 2.60. The van der Waals surface area contributed by atoms with E-state index in [2.05, 4.69) is 75.2 Å². The van der Waals surface area contributed by atoms with Crippen molar-refractivity contribution in [2.75, 3.05) is 20.8 Å². The van der Waals surface area contributed by atoms with E-state index in [1.54, 1.807) is 0 Å². The average Bonchev–Trinajstić information content (AvgIpc) is 4.17. The Morgan fingerprint density at radius 1 is 0.714 bits per heavy atom. The Kier molecular flexibility index (Phi) is 10.2. The van der Waals surface area contributed by atoms with E-state index < -0.39 is 24.3 Å². The number of aromatic nitrogens is 4. The third-order valence-corrected chi connectivity index (χ3v) is 13.5. The summed E-state index contributed by atoms with van der Waals surface area (Å²) in [6, 6.07) is 28.5. The quantitative estimate of drug-likeness (QED) is 0.112. The number of rotatable bonds is 9. The Hall–Kier alpha value is -6.96. The standard InChI is InChI=1S/C49H50N8O6/c1-26(2)39(54-48(60)62-3)46(58)56-22-8-11-38(56)44-50-36-20-15-30-23-28(13-18-34(30)41(36)52-44)29-14-19-35-31(24-29)16-21-37-42(35)53-45(51-37)43-32-12-17-33(25-32)57(43)47(59)40(55-49(61)63-4)27-9-6-5-7-10-27/h5-7,9-10,13-16,18-21,23-24,26,32-33,38-40,43H,8,11-12,17,22,25H2,1-4H3,(H,50,52)(H,51,53)(H,54,60)(H,55,61)/t32-,33+,38+,39+,40-,43+/m1/s1. The first-order valence-corrected chi connectivity index (χ1v) is 21.8. The zero-order valence-electron chi connectivity index (χ0n) is 35.7. The summed E-state index contributed by atoms with van der Waals surface area (Å²) in [5.41, 5.74) is 6.34. The smallest absolute Gasteiger partial charge is 0.407 e. The van der Waals surface area contributed by atoms with E-state index in [4.69, 9.17) is 19.4 Å². The SMILES string of the molecule is COC(=O)N[C@H](C(=O)N1CCC[C@H]1c1nc2c(ccc3cc(-c4ccc5c(ccc6[nH]c([C@@H]7[C@@H]8CC[C@@H](C8)N7C(=O)[C@H](NC(=O)OC)c7ccccc7)nc65)c4)ccc32)[nH]1)C(C)C. The number of likely N-dealkylation sites (tertiary alicyclic amines) is 2. The van der Waals surface area contributed by atoms with Crippen LogP contribution in [0.4, 0.5) is 9.59 Å². The van der Waals surface area contributed by atoms with Gasteiger partial charge in [0.25, 0.3) is 5.91 Å². The molecule has 0 unspecified atom stereocenters. The minimum absolute atomic E-state index is 0.0629. The van der Waals surface area contributed by atoms with Crippen LogP contribution >= 0.6 is 0 Å². The molecule has 1 aliphatic carbocycles. The van der Waals surface area contributed by atoms with Crippen molar-refractivity contribution in [1.82, 2.24) is 40.4 Å². The molecule has 0 spiro atoms. The maximum atomic E-state index is 14.5. The number of benzene rings is 5. The second-order valence-corrected chi connectivity index (χ2v) is 17.5. The number of hydrogen-bond acceptors (Lipinski definition) is 8. The van der Waals surface area contributed by atoms with E-state index in [-0.39, 0.29) is 41.8 Å². The largest absolute Gasteiger partial charge is 0.453 e. The van der Waals surface area contributed by atoms with Crippen LogP contribution in [-0.4, -0.2) is 86.6 Å². The normalized spacial score (nSPS) is 20.5. The summed E-state index contributed by atoms with van der Waals surface area (Å²) in [5, 5.41) is 9.64. The highest BCUT2D eigenvalue weighted by atomic mass is 16.5. The third kappa shape index (κ3) is 7.07. The van der Waals surface area contributed by atoms with E-state index in [1.165, 1.54) is 14.2 Å². The molecule has 4 N–H and O–H groups in total. The molecule has 0 radical (unpaired) electrons. The van der Waals surface area contributed by atoms with Crippen molar-refractivity contribution in [3.8, 4) is 11.1 Å². The Bertz CT molecular complexity index is 2930. The molecule has 3 fully saturated rings. The number of methoxy groups -OCH3 is 2. The fraction of sp³-hybridized carbons (Fsp3) is 0.347. The van der Waals surface area contributed by atoms with Crippen LogP contribution in [0.2, 0.25) is 0 Å². The number of H-pyrrole nitrogens is 2. The van der Waals surface area contributed by atoms with E-state index in [9.17, 15) is 19.2 Å². The van der Waals surface area contributed by atoms with Crippen molar-refractivity contribution in [1.29, 1.82) is 0 Å². The molecular weight excluding hydrogens is 797 g/mol. The summed E-state index contributed by atoms with van der Waals surface area (Å²) in [6.07, 6.45) is 3.15. The molecule has 2 aromatic heterocycles. The van der Waals surface area contributed by atoms with Gasteiger partial charge in [0, 0.05) is 23.4 Å². The minimum Gasteiger partial charge on any atom is -0.453 e. The van der Waals surface area contributed by atoms with E-state index in [0.717, 1.165) is 98.5 Å². The molecule has 322 valence electrons. The Labute approximate surface area is 363 Å². The number of aromatic amines is 2. The Balaban J connectivity index is 0.925. The highest BCUT2D eigenvalue weighted by Crippen LogP contribution is 2.51. The number of nitrogens with zero attached hydrogens (tertiary/aromatic N) is 4. The van der Waals surface area contributed by atoms with Crippen molar-refractivity contribution in [2.24, 2.45) is 11.8 Å². The van der Waals surface area contributed by atoms with Crippen molar-refractivity contribution < 1.29 is 28.7 Å². The van der Waals surface area contributed by atoms with Crippen LogP contribution in [0.25, 0.3) is 54.7 Å². The number of carbonyl (C=O) groups excluding carboxylic acids is 4. The molecule has 6 atom stereocenters. The first-order chi connectivity index (χ1) is 30.6. The molecule has 4 heterocycles. The van der Waals surface area contributed by atoms with Gasteiger partial charge in [-0.3, -0.25) is 9.59 Å². The van der Waals surface area contributed by atoms with Crippen LogP contribution in [0, 0.1) is 11.8 Å². The number of amides is 4. The lowest BCUT2D eigenvalue weighted by Crippen LogP contribution is -2.51. The summed E-state index contributed by atoms with van der Waals surface area (Å²) < 4.78 is 9.72. The van der Waals surface area contributed by atoms with E-state index in [0.29, 0.717) is 12.1 Å². The van der Waals surface area contributed by atoms with Gasteiger partial charge in [0.05, 0.1) is 48.4 Å². The molecule has 10 rings (SSSR count). The van der Waals surface area contributed by atoms with Gasteiger partial charge in [-0.2, -0.15) is 0 Å². The molecule has 14 heteroatoms. The first kappa shape index (κ1) is 40.1. The molecule has 2 bridgehead atoms. The lowest BCUT2D eigenvalue weighted by Gasteiger charge is -2.36. The molecule has 7 aromatic rings. The van der Waals surface area contributed by atoms with Crippen LogP contribution in [-0.2, 0) is 19.1 Å². The van der Waals surface area contributed by atoms with Crippen molar-refractivity contribution >= 4 is 67.6 Å². The van der Waals surface area contributed by atoms with E-state index in [1.807, 2.05) is 60.0 Å². The van der Waals surface area contributed by atoms with Crippen molar-refractivity contribution in [2.45, 2.75) is 76.2 Å². The number of fused-ring (bicyclic) bond motifs is 8. The lowest BCUT2D eigenvalue weighted by atomic mass is 9.96. The number of ether oxygens (including phenoxy) is 2. The monoisotopic (exact) mass is 846 g/mol. The predicted octanol–water partition coefficient (Wildman–Crippen LogP) is 8.61. The lowest BCUT2D eigenvalue weighted by molar-refractivity contribution is -0.138. The van der Waals surface area contributed by atoms with Gasteiger partial charge in [0.15, 0.2) is 0 Å². The zero-order chi connectivity index (χ0) is 43.5. The van der Waals surface area contributed by atoms with E-state index >= 15 is 0 Å². The number of imidazole rings is 2. The molecule has 5 aromatic carbocycles. The summed E-state index contributed by atoms with van der Waals surface area (Å²) in [6.45, 7) is 4.41. The van der Waals surface area contributed by atoms with Gasteiger partial charge in [-0.25, -0.2) is 19.6 Å². The molecule has 3 aliphatic rings. The fourth-order valence-corrected chi connectivity index (χ4v) is 10.4. The van der Waals surface area contributed by atoms with Crippen molar-refractivity contribution in [3.63, 3.8) is 0 Å². The number of piperidine rings is 1. The Morgan fingerprint density at radius 3 is 1.97 bits per heavy atom. The van der Waals surface area contributed by atoms with Gasteiger partial charge in [0.2, 0.25) is 5.91 Å². The molecular formula is C49H50N8O6. The van der Waals surface area contributed by atoms with Crippen molar-refractivity contribution in [3.05, 3.63) is 108 Å². The van der Waals surface area contributed by atoms with Gasteiger partial charge in [-0.1, -0.05) is 80.6 Å². The second kappa shape index (κ2) is 16.1. The van der Waals surface area contributed by atoms with Gasteiger partial charge >= 0.3 is 12.2 Å². The highest BCUT2D eigenvalue weighted by Gasteiger charge is 2.51. The minimum atomic E-state index is -0.885. The topological polar surface area (TPSA) is 175 Å². The van der Waals surface area contributed by atoms with Crippen LogP contribution in [0.3, 0.4) is 0 Å². The summed E-state index contributed by atoms with van der Waals surface area (Å²) in [5.74, 6) is 1.34. The van der Waals surface area contributed by atoms with Crippen LogP contribution < -0.4 is 10.6 Å². The molecule has 2 saturated heterocycles. The maximum Gasteiger partial charge on any atom is 0.407 e. The molecule has 4 amide bonds. The number of hydrogen-bond donors (Lipinski definition) is 4. The molecule has 2 aliphatic heterocycles. The molecule has 14 nitrogen and oxygen atoms in total. The van der Waals surface area contributed by atoms with Gasteiger partial charge in [-0.05, 0) is 95.7 Å². The fourth-order valence-electron chi connectivity index (χ4n) is 10.4.